The van der Waals surface area contributed by atoms with Crippen LogP contribution in [0.2, 0.25) is 0 Å². The maximum atomic E-state index is 4.85. The molecule has 126 valence electrons. The average Bonchev–Trinajstić information content (AvgIpc) is 3.15. The van der Waals surface area contributed by atoms with Gasteiger partial charge in [0.25, 0.3) is 0 Å². The molecule has 24 heavy (non-hydrogen) atoms. The number of nitrogens with zero attached hydrogens (tertiary/aromatic N) is 5. The third-order valence-corrected chi connectivity index (χ3v) is 6.92. The molecule has 2 aromatic heterocycles. The molecule has 0 aromatic carbocycles. The fraction of sp³-hybridized carbons (Fsp3) is 0.611. The van der Waals surface area contributed by atoms with Crippen molar-refractivity contribution in [1.29, 1.82) is 0 Å². The normalized spacial score (nSPS) is 19.8. The molecule has 5 rings (SSSR count). The largest absolute Gasteiger partial charge is 0.351 e. The number of likely N-dealkylation sites (N-methyl/N-ethyl adjacent to an activating group) is 1. The van der Waals surface area contributed by atoms with Crippen molar-refractivity contribution in [2.45, 2.75) is 51.0 Å². The van der Waals surface area contributed by atoms with E-state index >= 15 is 0 Å². The van der Waals surface area contributed by atoms with Gasteiger partial charge in [0.05, 0.1) is 17.4 Å². The van der Waals surface area contributed by atoms with E-state index in [4.69, 9.17) is 4.98 Å². The Morgan fingerprint density at radius 2 is 1.88 bits per heavy atom. The maximum absolute atomic E-state index is 4.85. The van der Waals surface area contributed by atoms with E-state index in [1.807, 2.05) is 11.3 Å². The zero-order valence-electron chi connectivity index (χ0n) is 14.2. The lowest BCUT2D eigenvalue weighted by Crippen LogP contribution is -2.59. The molecule has 0 N–H and O–H groups in total. The molecule has 0 amide bonds. The minimum atomic E-state index is 0.536. The average molecular weight is 341 g/mol. The number of rotatable bonds is 3. The Bertz CT molecular complexity index is 743. The fourth-order valence-corrected chi connectivity index (χ4v) is 5.19. The Morgan fingerprint density at radius 1 is 1.04 bits per heavy atom. The maximum Gasteiger partial charge on any atom is 0.185 e. The van der Waals surface area contributed by atoms with Crippen molar-refractivity contribution in [1.82, 2.24) is 15.2 Å². The molecule has 1 saturated heterocycles. The van der Waals surface area contributed by atoms with Crippen LogP contribution in [0, 0.1) is 0 Å². The highest BCUT2D eigenvalue weighted by molar-refractivity contribution is 7.15. The van der Waals surface area contributed by atoms with Gasteiger partial charge in [-0.25, -0.2) is 4.98 Å². The molecule has 0 saturated carbocycles. The van der Waals surface area contributed by atoms with Gasteiger partial charge in [0.15, 0.2) is 10.9 Å². The predicted molar refractivity (Wildman–Crippen MR) is 97.2 cm³/mol. The summed E-state index contributed by atoms with van der Waals surface area (Å²) in [6.07, 6.45) is 8.49. The first-order valence-corrected chi connectivity index (χ1v) is 9.91. The van der Waals surface area contributed by atoms with E-state index in [9.17, 15) is 0 Å². The van der Waals surface area contributed by atoms with Crippen molar-refractivity contribution < 1.29 is 0 Å². The first kappa shape index (κ1) is 14.6. The zero-order valence-corrected chi connectivity index (χ0v) is 15.0. The van der Waals surface area contributed by atoms with Crippen LogP contribution in [-0.4, -0.2) is 41.4 Å². The van der Waals surface area contributed by atoms with Gasteiger partial charge in [-0.15, -0.1) is 16.4 Å². The van der Waals surface area contributed by atoms with Crippen molar-refractivity contribution in [2.24, 2.45) is 0 Å². The standard InChI is InChI=1S/C18H23N5S/c1-22(18-19-15-7-4-8-16(15)24-18)13-10-23(11-13)17-9-12-5-2-3-6-14(12)20-21-17/h9,13H,2-8,10-11H2,1H3. The molecule has 0 spiro atoms. The Hall–Kier alpha value is -1.69. The third kappa shape index (κ3) is 2.39. The number of fused-ring (bicyclic) bond motifs is 2. The topological polar surface area (TPSA) is 45.2 Å². The van der Waals surface area contributed by atoms with E-state index in [1.54, 1.807) is 0 Å². The van der Waals surface area contributed by atoms with Gasteiger partial charge >= 0.3 is 0 Å². The molecule has 5 nitrogen and oxygen atoms in total. The second-order valence-corrected chi connectivity index (χ2v) is 8.33. The van der Waals surface area contributed by atoms with Crippen molar-refractivity contribution in [3.05, 3.63) is 27.9 Å². The van der Waals surface area contributed by atoms with Gasteiger partial charge in [0, 0.05) is 25.0 Å². The number of aryl methyl sites for hydroxylation is 4. The van der Waals surface area contributed by atoms with E-state index in [0.29, 0.717) is 6.04 Å². The van der Waals surface area contributed by atoms with Crippen molar-refractivity contribution in [3.8, 4) is 0 Å². The number of aromatic nitrogens is 3. The Kier molecular flexibility index (Phi) is 3.47. The molecule has 2 aromatic rings. The molecule has 2 aliphatic carbocycles. The molecule has 6 heteroatoms. The van der Waals surface area contributed by atoms with Crippen LogP contribution in [0.4, 0.5) is 10.9 Å². The Morgan fingerprint density at radius 3 is 2.75 bits per heavy atom. The van der Waals surface area contributed by atoms with E-state index < -0.39 is 0 Å². The van der Waals surface area contributed by atoms with E-state index in [0.717, 1.165) is 25.3 Å². The van der Waals surface area contributed by atoms with Crippen molar-refractivity contribution in [3.63, 3.8) is 0 Å². The minimum Gasteiger partial charge on any atom is -0.351 e. The summed E-state index contributed by atoms with van der Waals surface area (Å²) in [4.78, 5) is 11.1. The van der Waals surface area contributed by atoms with Gasteiger partial charge in [0.2, 0.25) is 0 Å². The highest BCUT2D eigenvalue weighted by Gasteiger charge is 2.33. The summed E-state index contributed by atoms with van der Waals surface area (Å²) in [5.41, 5.74) is 3.98. The SMILES string of the molecule is CN(c1nc2c(s1)CCC2)C1CN(c2cc3c(nn2)CCCC3)C1. The van der Waals surface area contributed by atoms with Crippen LogP contribution in [-0.2, 0) is 25.7 Å². The van der Waals surface area contributed by atoms with Crippen LogP contribution in [0.25, 0.3) is 0 Å². The highest BCUT2D eigenvalue weighted by atomic mass is 32.1. The van der Waals surface area contributed by atoms with Gasteiger partial charge in [0.1, 0.15) is 0 Å². The summed E-state index contributed by atoms with van der Waals surface area (Å²) in [7, 11) is 2.19. The van der Waals surface area contributed by atoms with Crippen molar-refractivity contribution in [2.75, 3.05) is 29.9 Å². The van der Waals surface area contributed by atoms with Crippen LogP contribution in [0.1, 0.15) is 41.1 Å². The first-order valence-electron chi connectivity index (χ1n) is 9.10. The molecular weight excluding hydrogens is 318 g/mol. The summed E-state index contributed by atoms with van der Waals surface area (Å²) >= 11 is 1.89. The van der Waals surface area contributed by atoms with Crippen LogP contribution in [0.15, 0.2) is 6.07 Å². The fourth-order valence-electron chi connectivity index (χ4n) is 4.00. The minimum absolute atomic E-state index is 0.536. The van der Waals surface area contributed by atoms with E-state index in [-0.39, 0.29) is 0 Å². The zero-order chi connectivity index (χ0) is 16.1. The second kappa shape index (κ2) is 5.69. The van der Waals surface area contributed by atoms with Crippen LogP contribution in [0.3, 0.4) is 0 Å². The number of thiazole rings is 1. The smallest absolute Gasteiger partial charge is 0.185 e. The van der Waals surface area contributed by atoms with Crippen LogP contribution in [0.5, 0.6) is 0 Å². The third-order valence-electron chi connectivity index (χ3n) is 5.68. The van der Waals surface area contributed by atoms with Crippen LogP contribution < -0.4 is 9.80 Å². The van der Waals surface area contributed by atoms with Gasteiger partial charge in [-0.1, -0.05) is 0 Å². The number of hydrogen-bond acceptors (Lipinski definition) is 6. The summed E-state index contributed by atoms with van der Waals surface area (Å²) in [5, 5.41) is 10.1. The number of hydrogen-bond donors (Lipinski definition) is 0. The van der Waals surface area contributed by atoms with Crippen LogP contribution >= 0.6 is 11.3 Å². The summed E-state index contributed by atoms with van der Waals surface area (Å²) < 4.78 is 0. The molecule has 0 unspecified atom stereocenters. The van der Waals surface area contributed by atoms with Gasteiger partial charge in [-0.2, -0.15) is 5.10 Å². The van der Waals surface area contributed by atoms with E-state index in [1.165, 1.54) is 65.5 Å². The predicted octanol–water partition coefficient (Wildman–Crippen LogP) is 2.63. The molecular formula is C18H23N5S. The summed E-state index contributed by atoms with van der Waals surface area (Å²) in [5.74, 6) is 1.06. The van der Waals surface area contributed by atoms with Gasteiger partial charge in [-0.3, -0.25) is 0 Å². The molecule has 3 heterocycles. The van der Waals surface area contributed by atoms with Gasteiger partial charge < -0.3 is 9.80 Å². The molecule has 0 bridgehead atoms. The lowest BCUT2D eigenvalue weighted by molar-refractivity contribution is 0.488. The molecule has 0 radical (unpaired) electrons. The lowest BCUT2D eigenvalue weighted by atomic mass is 9.96. The lowest BCUT2D eigenvalue weighted by Gasteiger charge is -2.44. The molecule has 1 aliphatic heterocycles. The Labute approximate surface area is 146 Å². The van der Waals surface area contributed by atoms with Crippen molar-refractivity contribution >= 4 is 22.3 Å². The molecule has 3 aliphatic rings. The molecule has 0 atom stereocenters. The monoisotopic (exact) mass is 341 g/mol. The quantitative estimate of drug-likeness (QED) is 0.859. The summed E-state index contributed by atoms with van der Waals surface area (Å²) in [6, 6.07) is 2.81. The second-order valence-electron chi connectivity index (χ2n) is 7.27. The van der Waals surface area contributed by atoms with Gasteiger partial charge in [-0.05, 0) is 56.6 Å². The van der Waals surface area contributed by atoms with E-state index in [2.05, 4.69) is 33.1 Å². The summed E-state index contributed by atoms with van der Waals surface area (Å²) in [6.45, 7) is 2.04. The molecule has 1 fully saturated rings. The first-order chi connectivity index (χ1) is 11.8. The Balaban J connectivity index is 1.26. The number of anilines is 2. The highest BCUT2D eigenvalue weighted by Crippen LogP contribution is 2.34.